The van der Waals surface area contributed by atoms with E-state index in [1.54, 1.807) is 55.7 Å². The topological polar surface area (TPSA) is 38.3 Å². The molecule has 0 radical (unpaired) electrons. The quantitative estimate of drug-likeness (QED) is 0.835. The first-order valence-electron chi connectivity index (χ1n) is 6.48. The van der Waals surface area contributed by atoms with Gasteiger partial charge in [0.1, 0.15) is 5.75 Å². The van der Waals surface area contributed by atoms with E-state index in [-0.39, 0.29) is 5.91 Å². The molecular weight excluding hydrogens is 286 g/mol. The van der Waals surface area contributed by atoms with Crippen molar-refractivity contribution in [1.82, 2.24) is 0 Å². The maximum atomic E-state index is 12.3. The number of anilines is 1. The normalized spacial score (nSPS) is 10.0. The summed E-state index contributed by atoms with van der Waals surface area (Å²) < 4.78 is 5.27. The number of halogens is 1. The van der Waals surface area contributed by atoms with E-state index in [0.29, 0.717) is 22.7 Å². The molecule has 0 aliphatic heterocycles. The molecule has 2 aromatic rings. The van der Waals surface area contributed by atoms with Gasteiger partial charge in [-0.05, 0) is 48.4 Å². The summed E-state index contributed by atoms with van der Waals surface area (Å²) in [6.07, 6.45) is 2.41. The fraction of sp³-hybridized carbons (Fsp3) is 0.118. The highest BCUT2D eigenvalue weighted by Crippen LogP contribution is 2.22. The molecule has 0 spiro atoms. The molecule has 1 N–H and O–H groups in total. The van der Waals surface area contributed by atoms with Crippen LogP contribution in [-0.4, -0.2) is 13.0 Å². The fourth-order valence-corrected chi connectivity index (χ4v) is 2.19. The Kier molecular flexibility index (Phi) is 5.01. The number of carbonyl (C=O) groups is 1. The summed E-state index contributed by atoms with van der Waals surface area (Å²) >= 11 is 5.90. The van der Waals surface area contributed by atoms with Crippen LogP contribution in [0.1, 0.15) is 15.9 Å². The predicted molar refractivity (Wildman–Crippen MR) is 86.3 cm³/mol. The van der Waals surface area contributed by atoms with Gasteiger partial charge in [0, 0.05) is 16.3 Å². The van der Waals surface area contributed by atoms with Gasteiger partial charge in [-0.3, -0.25) is 4.79 Å². The maximum Gasteiger partial charge on any atom is 0.255 e. The summed E-state index contributed by atoms with van der Waals surface area (Å²) in [5.41, 5.74) is 2.15. The van der Waals surface area contributed by atoms with Gasteiger partial charge < -0.3 is 10.1 Å². The Balaban J connectivity index is 2.22. The molecule has 2 aromatic carbocycles. The smallest absolute Gasteiger partial charge is 0.255 e. The maximum absolute atomic E-state index is 12.3. The van der Waals surface area contributed by atoms with Crippen LogP contribution in [0.4, 0.5) is 5.69 Å². The van der Waals surface area contributed by atoms with Crippen LogP contribution in [0.3, 0.4) is 0 Å². The third kappa shape index (κ3) is 3.86. The van der Waals surface area contributed by atoms with Gasteiger partial charge >= 0.3 is 0 Å². The molecule has 2 rings (SSSR count). The van der Waals surface area contributed by atoms with Crippen LogP contribution >= 0.6 is 11.6 Å². The Labute approximate surface area is 129 Å². The Morgan fingerprint density at radius 2 is 2.14 bits per heavy atom. The standard InChI is InChI=1S/C17H16ClNO2/c1-3-5-12-10-13(8-9-16(12)21-2)17(20)19-15-7-4-6-14(18)11-15/h3-4,6-11H,1,5H2,2H3,(H,19,20). The van der Waals surface area contributed by atoms with Crippen molar-refractivity contribution in [3.8, 4) is 5.75 Å². The van der Waals surface area contributed by atoms with Crippen LogP contribution in [0.15, 0.2) is 55.1 Å². The second-order valence-electron chi connectivity index (χ2n) is 4.48. The monoisotopic (exact) mass is 301 g/mol. The minimum atomic E-state index is -0.190. The number of carbonyl (C=O) groups excluding carboxylic acids is 1. The Hall–Kier alpha value is -2.26. The largest absolute Gasteiger partial charge is 0.496 e. The lowest BCUT2D eigenvalue weighted by Gasteiger charge is -2.10. The van der Waals surface area contributed by atoms with Crippen molar-refractivity contribution in [2.24, 2.45) is 0 Å². The summed E-state index contributed by atoms with van der Waals surface area (Å²) in [5, 5.41) is 3.39. The fourth-order valence-electron chi connectivity index (χ4n) is 2.00. The number of rotatable bonds is 5. The van der Waals surface area contributed by atoms with E-state index in [1.165, 1.54) is 0 Å². The van der Waals surface area contributed by atoms with Crippen molar-refractivity contribution in [3.05, 3.63) is 71.3 Å². The van der Waals surface area contributed by atoms with E-state index >= 15 is 0 Å². The lowest BCUT2D eigenvalue weighted by molar-refractivity contribution is 0.102. The van der Waals surface area contributed by atoms with Crippen LogP contribution in [0.2, 0.25) is 5.02 Å². The number of hydrogen-bond acceptors (Lipinski definition) is 2. The molecule has 0 unspecified atom stereocenters. The van der Waals surface area contributed by atoms with Crippen LogP contribution in [-0.2, 0) is 6.42 Å². The van der Waals surface area contributed by atoms with Gasteiger partial charge in [0.25, 0.3) is 5.91 Å². The van der Waals surface area contributed by atoms with Crippen LogP contribution in [0.25, 0.3) is 0 Å². The molecule has 0 fully saturated rings. The Bertz CT molecular complexity index is 668. The van der Waals surface area contributed by atoms with Gasteiger partial charge in [-0.15, -0.1) is 6.58 Å². The van der Waals surface area contributed by atoms with Crippen LogP contribution < -0.4 is 10.1 Å². The molecule has 4 heteroatoms. The second kappa shape index (κ2) is 6.95. The van der Waals surface area contributed by atoms with Crippen LogP contribution in [0, 0.1) is 0 Å². The number of hydrogen-bond donors (Lipinski definition) is 1. The van der Waals surface area contributed by atoms with Crippen molar-refractivity contribution in [2.75, 3.05) is 12.4 Å². The average molecular weight is 302 g/mol. The molecule has 1 amide bonds. The zero-order chi connectivity index (χ0) is 15.2. The highest BCUT2D eigenvalue weighted by atomic mass is 35.5. The third-order valence-electron chi connectivity index (χ3n) is 2.99. The van der Waals surface area contributed by atoms with E-state index in [9.17, 15) is 4.79 Å². The molecule has 0 aliphatic rings. The first kappa shape index (κ1) is 15.1. The molecule has 21 heavy (non-hydrogen) atoms. The zero-order valence-corrected chi connectivity index (χ0v) is 12.5. The van der Waals surface area contributed by atoms with Crippen molar-refractivity contribution < 1.29 is 9.53 Å². The molecule has 0 aromatic heterocycles. The van der Waals surface area contributed by atoms with Crippen LogP contribution in [0.5, 0.6) is 5.75 Å². The minimum Gasteiger partial charge on any atom is -0.496 e. The lowest BCUT2D eigenvalue weighted by atomic mass is 10.1. The second-order valence-corrected chi connectivity index (χ2v) is 4.92. The van der Waals surface area contributed by atoms with Crippen molar-refractivity contribution in [3.63, 3.8) is 0 Å². The highest BCUT2D eigenvalue weighted by molar-refractivity contribution is 6.30. The van der Waals surface area contributed by atoms with Crippen molar-refractivity contribution >= 4 is 23.2 Å². The summed E-state index contributed by atoms with van der Waals surface area (Å²) in [6, 6.07) is 12.4. The number of methoxy groups -OCH3 is 1. The van der Waals surface area contributed by atoms with Gasteiger partial charge in [-0.25, -0.2) is 0 Å². The average Bonchev–Trinajstić information content (AvgIpc) is 2.47. The molecular formula is C17H16ClNO2. The minimum absolute atomic E-state index is 0.190. The molecule has 0 heterocycles. The summed E-state index contributed by atoms with van der Waals surface area (Å²) in [7, 11) is 1.60. The summed E-state index contributed by atoms with van der Waals surface area (Å²) in [5.74, 6) is 0.555. The number of nitrogens with one attached hydrogen (secondary N) is 1. The molecule has 0 bridgehead atoms. The summed E-state index contributed by atoms with van der Waals surface area (Å²) in [4.78, 5) is 12.3. The number of allylic oxidation sites excluding steroid dienone is 1. The van der Waals surface area contributed by atoms with E-state index in [0.717, 1.165) is 11.3 Å². The number of ether oxygens (including phenoxy) is 1. The Morgan fingerprint density at radius 1 is 1.33 bits per heavy atom. The molecule has 0 saturated heterocycles. The lowest BCUT2D eigenvalue weighted by Crippen LogP contribution is -2.12. The van der Waals surface area contributed by atoms with Crippen molar-refractivity contribution in [1.29, 1.82) is 0 Å². The predicted octanol–water partition coefficient (Wildman–Crippen LogP) is 4.33. The van der Waals surface area contributed by atoms with E-state index < -0.39 is 0 Å². The molecule has 108 valence electrons. The van der Waals surface area contributed by atoms with Gasteiger partial charge in [0.05, 0.1) is 7.11 Å². The van der Waals surface area contributed by atoms with E-state index in [4.69, 9.17) is 16.3 Å². The number of amides is 1. The highest BCUT2D eigenvalue weighted by Gasteiger charge is 2.10. The van der Waals surface area contributed by atoms with Gasteiger partial charge in [0.15, 0.2) is 0 Å². The molecule has 0 saturated carbocycles. The van der Waals surface area contributed by atoms with Gasteiger partial charge in [-0.1, -0.05) is 23.7 Å². The number of benzene rings is 2. The van der Waals surface area contributed by atoms with E-state index in [2.05, 4.69) is 11.9 Å². The van der Waals surface area contributed by atoms with Gasteiger partial charge in [0.2, 0.25) is 0 Å². The third-order valence-corrected chi connectivity index (χ3v) is 3.22. The summed E-state index contributed by atoms with van der Waals surface area (Å²) in [6.45, 7) is 3.71. The van der Waals surface area contributed by atoms with Crippen molar-refractivity contribution in [2.45, 2.75) is 6.42 Å². The Morgan fingerprint density at radius 3 is 2.81 bits per heavy atom. The van der Waals surface area contributed by atoms with Gasteiger partial charge in [-0.2, -0.15) is 0 Å². The first-order valence-corrected chi connectivity index (χ1v) is 6.86. The zero-order valence-electron chi connectivity index (χ0n) is 11.7. The molecule has 3 nitrogen and oxygen atoms in total. The molecule has 0 aliphatic carbocycles. The van der Waals surface area contributed by atoms with E-state index in [1.807, 2.05) is 0 Å². The first-order chi connectivity index (χ1) is 10.1. The molecule has 0 atom stereocenters. The SMILES string of the molecule is C=CCc1cc(C(=O)Nc2cccc(Cl)c2)ccc1OC.